The summed E-state index contributed by atoms with van der Waals surface area (Å²) in [7, 11) is 0. The Morgan fingerprint density at radius 2 is 2.00 bits per heavy atom. The largest absolute Gasteiger partial charge is 0.444 e. The number of carbonyl (C=O) groups excluding carboxylic acids is 2. The molecule has 1 fully saturated rings. The quantitative estimate of drug-likeness (QED) is 0.525. The minimum absolute atomic E-state index is 0.200. The minimum Gasteiger partial charge on any atom is -0.444 e. The Morgan fingerprint density at radius 3 is 2.82 bits per heavy atom. The molecule has 1 aromatic heterocycles. The van der Waals surface area contributed by atoms with E-state index < -0.39 is 11.7 Å². The molecule has 0 saturated carbocycles. The molecular weight excluding hydrogens is 436 g/mol. The summed E-state index contributed by atoms with van der Waals surface area (Å²) in [6.07, 6.45) is 3.10. The second kappa shape index (κ2) is 9.46. The predicted octanol–water partition coefficient (Wildman–Crippen LogP) is 5.15. The third-order valence-corrected chi connectivity index (χ3v) is 5.52. The van der Waals surface area contributed by atoms with E-state index in [1.54, 1.807) is 6.20 Å². The molecule has 2 amide bonds. The molecular formula is C25H24N4O3S. The molecule has 2 aromatic carbocycles. The SMILES string of the molecule is CC(C)(C)OC(=O)NCc1ccccc1N=C1NC(=O)/C(=C/c2ccc3ncccc3c2)S1. The summed E-state index contributed by atoms with van der Waals surface area (Å²) in [4.78, 5) is 34.0. The third-order valence-electron chi connectivity index (χ3n) is 4.61. The molecule has 0 atom stereocenters. The number of benzene rings is 2. The Labute approximate surface area is 196 Å². The fourth-order valence-corrected chi connectivity index (χ4v) is 4.01. The summed E-state index contributed by atoms with van der Waals surface area (Å²) in [6, 6.07) is 17.2. The highest BCUT2D eigenvalue weighted by atomic mass is 32.2. The van der Waals surface area contributed by atoms with Gasteiger partial charge < -0.3 is 15.4 Å². The van der Waals surface area contributed by atoms with Crippen LogP contribution < -0.4 is 10.6 Å². The summed E-state index contributed by atoms with van der Waals surface area (Å²) < 4.78 is 5.29. The lowest BCUT2D eigenvalue weighted by Crippen LogP contribution is -2.32. The number of fused-ring (bicyclic) bond motifs is 1. The van der Waals surface area contributed by atoms with Gasteiger partial charge >= 0.3 is 6.09 Å². The summed E-state index contributed by atoms with van der Waals surface area (Å²) in [5.41, 5.74) is 2.72. The van der Waals surface area contributed by atoms with Crippen LogP contribution in [0.4, 0.5) is 10.5 Å². The maximum atomic E-state index is 12.5. The van der Waals surface area contributed by atoms with Gasteiger partial charge in [0.1, 0.15) is 5.60 Å². The molecule has 7 nitrogen and oxygen atoms in total. The molecule has 0 radical (unpaired) electrons. The molecule has 0 aliphatic carbocycles. The van der Waals surface area contributed by atoms with Gasteiger partial charge in [0.2, 0.25) is 0 Å². The van der Waals surface area contributed by atoms with Crippen LogP contribution in [-0.2, 0) is 16.1 Å². The van der Waals surface area contributed by atoms with Crippen molar-refractivity contribution in [1.82, 2.24) is 15.6 Å². The van der Waals surface area contributed by atoms with Crippen molar-refractivity contribution in [3.05, 3.63) is 76.8 Å². The molecule has 168 valence electrons. The molecule has 2 N–H and O–H groups in total. The van der Waals surface area contributed by atoms with E-state index in [9.17, 15) is 9.59 Å². The van der Waals surface area contributed by atoms with Gasteiger partial charge in [0.15, 0.2) is 5.17 Å². The Hall–Kier alpha value is -3.65. The van der Waals surface area contributed by atoms with Crippen molar-refractivity contribution in [3.8, 4) is 0 Å². The molecule has 3 aromatic rings. The van der Waals surface area contributed by atoms with E-state index in [0.29, 0.717) is 15.8 Å². The first kappa shape index (κ1) is 22.5. The fourth-order valence-electron chi connectivity index (χ4n) is 3.18. The number of carbonyl (C=O) groups is 2. The van der Waals surface area contributed by atoms with E-state index in [2.05, 4.69) is 20.6 Å². The van der Waals surface area contributed by atoms with Crippen LogP contribution in [0.3, 0.4) is 0 Å². The number of alkyl carbamates (subject to hydrolysis) is 1. The average molecular weight is 461 g/mol. The smallest absolute Gasteiger partial charge is 0.407 e. The normalized spacial score (nSPS) is 16.3. The number of nitrogens with one attached hydrogen (secondary N) is 2. The van der Waals surface area contributed by atoms with Gasteiger partial charge in [-0.05, 0) is 74.0 Å². The number of amides is 2. The number of aliphatic imine (C=N–C) groups is 1. The molecule has 0 spiro atoms. The molecule has 33 heavy (non-hydrogen) atoms. The monoisotopic (exact) mass is 460 g/mol. The third kappa shape index (κ3) is 5.98. The fraction of sp³-hybridized carbons (Fsp3) is 0.200. The van der Waals surface area contributed by atoms with Crippen molar-refractivity contribution in [1.29, 1.82) is 0 Å². The lowest BCUT2D eigenvalue weighted by molar-refractivity contribution is -0.115. The summed E-state index contributed by atoms with van der Waals surface area (Å²) >= 11 is 1.28. The highest BCUT2D eigenvalue weighted by molar-refractivity contribution is 8.18. The van der Waals surface area contributed by atoms with Gasteiger partial charge in [-0.2, -0.15) is 0 Å². The topological polar surface area (TPSA) is 92.7 Å². The van der Waals surface area contributed by atoms with Crippen molar-refractivity contribution in [2.75, 3.05) is 0 Å². The number of nitrogens with zero attached hydrogens (tertiary/aromatic N) is 2. The molecule has 2 heterocycles. The Morgan fingerprint density at radius 1 is 1.18 bits per heavy atom. The molecule has 4 rings (SSSR count). The van der Waals surface area contributed by atoms with Crippen molar-refractivity contribution >= 4 is 51.6 Å². The van der Waals surface area contributed by atoms with Gasteiger partial charge in [-0.25, -0.2) is 9.79 Å². The molecule has 0 bridgehead atoms. The number of hydrogen-bond donors (Lipinski definition) is 2. The number of thioether (sulfide) groups is 1. The zero-order valence-electron chi connectivity index (χ0n) is 18.6. The van der Waals surface area contributed by atoms with Crippen molar-refractivity contribution in [2.24, 2.45) is 4.99 Å². The Balaban J connectivity index is 1.49. The van der Waals surface area contributed by atoms with Crippen LogP contribution in [0.15, 0.2) is 70.7 Å². The summed E-state index contributed by atoms with van der Waals surface area (Å²) in [5, 5.41) is 7.05. The van der Waals surface area contributed by atoms with E-state index in [1.165, 1.54) is 11.8 Å². The zero-order chi connectivity index (χ0) is 23.4. The Bertz CT molecular complexity index is 1280. The number of amidine groups is 1. The number of hydrogen-bond acceptors (Lipinski definition) is 6. The summed E-state index contributed by atoms with van der Waals surface area (Å²) in [5.74, 6) is -0.200. The van der Waals surface area contributed by atoms with Gasteiger partial charge in [0, 0.05) is 18.1 Å². The van der Waals surface area contributed by atoms with Crippen molar-refractivity contribution in [3.63, 3.8) is 0 Å². The first-order valence-electron chi connectivity index (χ1n) is 10.5. The van der Waals surface area contributed by atoms with E-state index in [4.69, 9.17) is 4.74 Å². The minimum atomic E-state index is -0.571. The molecule has 0 unspecified atom stereocenters. The highest BCUT2D eigenvalue weighted by Crippen LogP contribution is 2.29. The number of ether oxygens (including phenoxy) is 1. The zero-order valence-corrected chi connectivity index (χ0v) is 19.4. The first-order valence-corrected chi connectivity index (χ1v) is 11.3. The van der Waals surface area contributed by atoms with Crippen molar-refractivity contribution in [2.45, 2.75) is 32.9 Å². The van der Waals surface area contributed by atoms with Crippen LogP contribution in [0.5, 0.6) is 0 Å². The number of para-hydroxylation sites is 1. The van der Waals surface area contributed by atoms with Crippen LogP contribution in [0.25, 0.3) is 17.0 Å². The average Bonchev–Trinajstić information content (AvgIpc) is 3.10. The molecule has 1 saturated heterocycles. The van der Waals surface area contributed by atoms with Crippen LogP contribution in [0.1, 0.15) is 31.9 Å². The van der Waals surface area contributed by atoms with E-state index in [-0.39, 0.29) is 12.5 Å². The highest BCUT2D eigenvalue weighted by Gasteiger charge is 2.24. The van der Waals surface area contributed by atoms with E-state index in [0.717, 1.165) is 22.0 Å². The van der Waals surface area contributed by atoms with E-state index in [1.807, 2.05) is 81.4 Å². The maximum absolute atomic E-state index is 12.5. The first-order chi connectivity index (χ1) is 15.8. The van der Waals surface area contributed by atoms with E-state index >= 15 is 0 Å². The van der Waals surface area contributed by atoms with Crippen LogP contribution in [-0.4, -0.2) is 27.8 Å². The number of rotatable bonds is 4. The maximum Gasteiger partial charge on any atom is 0.407 e. The van der Waals surface area contributed by atoms with Crippen LogP contribution in [0.2, 0.25) is 0 Å². The number of aromatic nitrogens is 1. The second-order valence-corrected chi connectivity index (χ2v) is 9.45. The van der Waals surface area contributed by atoms with Gasteiger partial charge in [-0.1, -0.05) is 30.3 Å². The Kier molecular flexibility index (Phi) is 6.46. The summed E-state index contributed by atoms with van der Waals surface area (Å²) in [6.45, 7) is 5.69. The van der Waals surface area contributed by atoms with Crippen LogP contribution >= 0.6 is 11.8 Å². The lowest BCUT2D eigenvalue weighted by atomic mass is 10.1. The molecule has 1 aliphatic rings. The van der Waals surface area contributed by atoms with Gasteiger partial charge in [0.25, 0.3) is 5.91 Å². The van der Waals surface area contributed by atoms with Crippen LogP contribution in [0, 0.1) is 0 Å². The van der Waals surface area contributed by atoms with Gasteiger partial charge in [-0.3, -0.25) is 9.78 Å². The number of pyridine rings is 1. The molecule has 8 heteroatoms. The standard InChI is InChI=1S/C25H24N4O3S/c1-25(2,3)32-24(31)27-15-18-7-4-5-9-20(18)28-23-29-22(30)21(33-23)14-16-10-11-19-17(13-16)8-6-12-26-19/h4-14H,15H2,1-3H3,(H,27,31)(H,28,29,30)/b21-14-. The lowest BCUT2D eigenvalue weighted by Gasteiger charge is -2.19. The van der Waals surface area contributed by atoms with Crippen molar-refractivity contribution < 1.29 is 14.3 Å². The molecule has 1 aliphatic heterocycles. The second-order valence-electron chi connectivity index (χ2n) is 8.42. The predicted molar refractivity (Wildman–Crippen MR) is 132 cm³/mol. The van der Waals surface area contributed by atoms with Gasteiger partial charge in [0.05, 0.1) is 16.1 Å². The van der Waals surface area contributed by atoms with Gasteiger partial charge in [-0.15, -0.1) is 0 Å².